The molecule has 0 bridgehead atoms. The molecule has 0 spiro atoms. The summed E-state index contributed by atoms with van der Waals surface area (Å²) in [6.07, 6.45) is 0. The molecule has 0 N–H and O–H groups in total. The number of halogens is 1. The molecule has 2 nitrogen and oxygen atoms in total. The summed E-state index contributed by atoms with van der Waals surface area (Å²) in [4.78, 5) is 0.193. The van der Waals surface area contributed by atoms with E-state index in [9.17, 15) is 8.42 Å². The van der Waals surface area contributed by atoms with Crippen LogP contribution in [0.15, 0.2) is 53.4 Å². The lowest BCUT2D eigenvalue weighted by Crippen LogP contribution is -2.05. The van der Waals surface area contributed by atoms with E-state index in [0.717, 1.165) is 11.1 Å². The highest BCUT2D eigenvalue weighted by Gasteiger charge is 2.18. The molecule has 0 aromatic heterocycles. The Labute approximate surface area is 112 Å². The smallest absolute Gasteiger partial charge is 0.183 e. The second kappa shape index (κ2) is 5.12. The van der Waals surface area contributed by atoms with Crippen LogP contribution in [0.25, 0.3) is 0 Å². The van der Waals surface area contributed by atoms with Crippen LogP contribution in [0.2, 0.25) is 5.02 Å². The third-order valence-electron chi connectivity index (χ3n) is 2.62. The van der Waals surface area contributed by atoms with Gasteiger partial charge in [0.05, 0.1) is 15.7 Å². The van der Waals surface area contributed by atoms with Gasteiger partial charge < -0.3 is 0 Å². The molecule has 0 radical (unpaired) electrons. The molecule has 94 valence electrons. The summed E-state index contributed by atoms with van der Waals surface area (Å²) in [6, 6.07) is 14.1. The molecule has 2 aromatic carbocycles. The predicted octanol–water partition coefficient (Wildman–Crippen LogP) is 3.62. The van der Waals surface area contributed by atoms with E-state index in [4.69, 9.17) is 11.6 Å². The fraction of sp³-hybridized carbons (Fsp3) is 0.143. The van der Waals surface area contributed by atoms with Gasteiger partial charge in [-0.1, -0.05) is 48.0 Å². The van der Waals surface area contributed by atoms with Crippen molar-refractivity contribution in [1.29, 1.82) is 0 Å². The average Bonchev–Trinajstić information content (AvgIpc) is 2.29. The zero-order valence-electron chi connectivity index (χ0n) is 9.93. The Morgan fingerprint density at radius 1 is 1.06 bits per heavy atom. The van der Waals surface area contributed by atoms with E-state index < -0.39 is 9.84 Å². The lowest BCUT2D eigenvalue weighted by molar-refractivity contribution is 0.595. The number of sulfone groups is 1. The molecule has 2 rings (SSSR count). The van der Waals surface area contributed by atoms with Crippen LogP contribution in [0.4, 0.5) is 0 Å². The van der Waals surface area contributed by atoms with Gasteiger partial charge in [0.1, 0.15) is 0 Å². The van der Waals surface area contributed by atoms with Crippen molar-refractivity contribution < 1.29 is 8.42 Å². The van der Waals surface area contributed by atoms with Crippen LogP contribution in [0.5, 0.6) is 0 Å². The van der Waals surface area contributed by atoms with Crippen molar-refractivity contribution in [1.82, 2.24) is 0 Å². The fourth-order valence-electron chi connectivity index (χ4n) is 1.73. The van der Waals surface area contributed by atoms with Gasteiger partial charge in [-0.15, -0.1) is 0 Å². The normalized spacial score (nSPS) is 11.4. The van der Waals surface area contributed by atoms with E-state index in [1.165, 1.54) is 0 Å². The Bertz CT molecular complexity index is 649. The van der Waals surface area contributed by atoms with Crippen LogP contribution in [-0.2, 0) is 15.6 Å². The predicted molar refractivity (Wildman–Crippen MR) is 73.5 cm³/mol. The van der Waals surface area contributed by atoms with Gasteiger partial charge in [-0.2, -0.15) is 0 Å². The molecule has 2 aromatic rings. The summed E-state index contributed by atoms with van der Waals surface area (Å²) >= 11 is 6.00. The van der Waals surface area contributed by atoms with Crippen LogP contribution in [0, 0.1) is 6.92 Å². The quantitative estimate of drug-likeness (QED) is 0.860. The summed E-state index contributed by atoms with van der Waals surface area (Å²) in [5.41, 5.74) is 1.70. The van der Waals surface area contributed by atoms with E-state index in [1.54, 1.807) is 30.3 Å². The fourth-order valence-corrected chi connectivity index (χ4v) is 3.74. The van der Waals surface area contributed by atoms with E-state index in [2.05, 4.69) is 0 Å². The monoisotopic (exact) mass is 280 g/mol. The van der Waals surface area contributed by atoms with E-state index in [0.29, 0.717) is 0 Å². The van der Waals surface area contributed by atoms with Crippen LogP contribution >= 0.6 is 11.6 Å². The Morgan fingerprint density at radius 2 is 1.72 bits per heavy atom. The molecule has 18 heavy (non-hydrogen) atoms. The maximum Gasteiger partial charge on any atom is 0.183 e. The highest BCUT2D eigenvalue weighted by Crippen LogP contribution is 2.25. The molecule has 0 saturated heterocycles. The van der Waals surface area contributed by atoms with Crippen LogP contribution < -0.4 is 0 Å². The summed E-state index contributed by atoms with van der Waals surface area (Å²) in [5, 5.41) is 0.283. The standard InChI is InChI=1S/C14H13ClO2S/c1-11-7-8-14(13(15)9-11)18(16,17)10-12-5-3-2-4-6-12/h2-9H,10H2,1H3. The molecule has 0 amide bonds. The van der Waals surface area contributed by atoms with Crippen molar-refractivity contribution in [2.45, 2.75) is 17.6 Å². The minimum atomic E-state index is -3.39. The van der Waals surface area contributed by atoms with Gasteiger partial charge in [-0.05, 0) is 30.2 Å². The number of hydrogen-bond donors (Lipinski definition) is 0. The second-order valence-corrected chi connectivity index (χ2v) is 6.54. The molecular formula is C14H13ClO2S. The Hall–Kier alpha value is -1.32. The number of rotatable bonds is 3. The topological polar surface area (TPSA) is 34.1 Å². The van der Waals surface area contributed by atoms with Crippen LogP contribution in [-0.4, -0.2) is 8.42 Å². The molecule has 0 aliphatic carbocycles. The van der Waals surface area contributed by atoms with Gasteiger partial charge >= 0.3 is 0 Å². The van der Waals surface area contributed by atoms with Crippen molar-refractivity contribution >= 4 is 21.4 Å². The number of aryl methyl sites for hydroxylation is 1. The maximum atomic E-state index is 12.2. The Morgan fingerprint density at radius 3 is 2.33 bits per heavy atom. The highest BCUT2D eigenvalue weighted by atomic mass is 35.5. The van der Waals surface area contributed by atoms with Crippen molar-refractivity contribution in [2.75, 3.05) is 0 Å². The van der Waals surface area contributed by atoms with Crippen LogP contribution in [0.3, 0.4) is 0 Å². The first-order valence-electron chi connectivity index (χ1n) is 5.52. The van der Waals surface area contributed by atoms with E-state index >= 15 is 0 Å². The number of benzene rings is 2. The maximum absolute atomic E-state index is 12.2. The molecule has 0 heterocycles. The van der Waals surface area contributed by atoms with Gasteiger partial charge in [0, 0.05) is 0 Å². The Kier molecular flexibility index (Phi) is 3.73. The van der Waals surface area contributed by atoms with Crippen molar-refractivity contribution in [2.24, 2.45) is 0 Å². The van der Waals surface area contributed by atoms with E-state index in [-0.39, 0.29) is 15.7 Å². The lowest BCUT2D eigenvalue weighted by atomic mass is 10.2. The summed E-state index contributed by atoms with van der Waals surface area (Å²) in [5.74, 6) is -0.0311. The van der Waals surface area contributed by atoms with Crippen molar-refractivity contribution in [3.05, 3.63) is 64.7 Å². The van der Waals surface area contributed by atoms with Gasteiger partial charge in [-0.3, -0.25) is 0 Å². The molecule has 0 fully saturated rings. The number of hydrogen-bond acceptors (Lipinski definition) is 2. The summed E-state index contributed by atoms with van der Waals surface area (Å²) < 4.78 is 24.5. The van der Waals surface area contributed by atoms with E-state index in [1.807, 2.05) is 25.1 Å². The largest absolute Gasteiger partial charge is 0.223 e. The second-order valence-electron chi connectivity index (χ2n) is 4.18. The first kappa shape index (κ1) is 13.1. The molecule has 0 aliphatic heterocycles. The average molecular weight is 281 g/mol. The summed E-state index contributed by atoms with van der Waals surface area (Å²) in [7, 11) is -3.39. The highest BCUT2D eigenvalue weighted by molar-refractivity contribution is 7.90. The SMILES string of the molecule is Cc1ccc(S(=O)(=O)Cc2ccccc2)c(Cl)c1. The first-order chi connectivity index (χ1) is 8.49. The third kappa shape index (κ3) is 2.92. The Balaban J connectivity index is 2.37. The van der Waals surface area contributed by atoms with Gasteiger partial charge in [-0.25, -0.2) is 8.42 Å². The molecule has 4 heteroatoms. The van der Waals surface area contributed by atoms with Gasteiger partial charge in [0.25, 0.3) is 0 Å². The van der Waals surface area contributed by atoms with Gasteiger partial charge in [0.15, 0.2) is 9.84 Å². The van der Waals surface area contributed by atoms with Crippen molar-refractivity contribution in [3.63, 3.8) is 0 Å². The molecule has 0 unspecified atom stereocenters. The minimum Gasteiger partial charge on any atom is -0.223 e. The van der Waals surface area contributed by atoms with Gasteiger partial charge in [0.2, 0.25) is 0 Å². The lowest BCUT2D eigenvalue weighted by Gasteiger charge is -2.07. The molecule has 0 saturated carbocycles. The zero-order valence-corrected chi connectivity index (χ0v) is 11.5. The molecular weight excluding hydrogens is 268 g/mol. The van der Waals surface area contributed by atoms with Crippen LogP contribution in [0.1, 0.15) is 11.1 Å². The third-order valence-corrected chi connectivity index (χ3v) is 4.79. The minimum absolute atomic E-state index is 0.0311. The zero-order chi connectivity index (χ0) is 13.2. The molecule has 0 aliphatic rings. The summed E-state index contributed by atoms with van der Waals surface area (Å²) in [6.45, 7) is 1.87. The van der Waals surface area contributed by atoms with Crippen molar-refractivity contribution in [3.8, 4) is 0 Å². The first-order valence-corrected chi connectivity index (χ1v) is 7.55. The molecule has 0 atom stereocenters.